The Labute approximate surface area is 173 Å². The Morgan fingerprint density at radius 3 is 2.76 bits per heavy atom. The summed E-state index contributed by atoms with van der Waals surface area (Å²) in [5.74, 6) is 1.71. The number of aromatic nitrogens is 1. The number of rotatable bonds is 8. The first kappa shape index (κ1) is 21.4. The van der Waals surface area contributed by atoms with Gasteiger partial charge in [0.1, 0.15) is 0 Å². The van der Waals surface area contributed by atoms with E-state index >= 15 is 0 Å². The van der Waals surface area contributed by atoms with Gasteiger partial charge in [-0.1, -0.05) is 19.3 Å². The highest BCUT2D eigenvalue weighted by molar-refractivity contribution is 5.92. The fraction of sp³-hybridized carbons (Fsp3) is 0.682. The van der Waals surface area contributed by atoms with E-state index in [0.29, 0.717) is 17.8 Å². The van der Waals surface area contributed by atoms with Gasteiger partial charge in [0.15, 0.2) is 5.82 Å². The van der Waals surface area contributed by atoms with E-state index < -0.39 is 0 Å². The molecule has 7 nitrogen and oxygen atoms in total. The van der Waals surface area contributed by atoms with Crippen molar-refractivity contribution in [1.82, 2.24) is 9.88 Å². The van der Waals surface area contributed by atoms with Crippen molar-refractivity contribution in [2.24, 2.45) is 5.92 Å². The summed E-state index contributed by atoms with van der Waals surface area (Å²) in [7, 11) is 1.60. The highest BCUT2D eigenvalue weighted by Gasteiger charge is 2.26. The van der Waals surface area contributed by atoms with E-state index in [4.69, 9.17) is 4.74 Å². The average molecular weight is 403 g/mol. The van der Waals surface area contributed by atoms with Gasteiger partial charge in [0.2, 0.25) is 18.2 Å². The Kier molecular flexibility index (Phi) is 7.72. The number of amides is 2. The van der Waals surface area contributed by atoms with Gasteiger partial charge in [-0.05, 0) is 44.1 Å². The standard InChI is InChI=1S/C22H34N4O3/c1-17(28)23-20-10-11-21(29-2)24-22(20)25-13-6-7-18(15-25)12-14-26(16-27)19-8-4-3-5-9-19/h10-11,16,18-19H,3-9,12-15H2,1-2H3,(H,23,28). The molecule has 0 bridgehead atoms. The molecule has 7 heteroatoms. The van der Waals surface area contributed by atoms with Gasteiger partial charge in [0.05, 0.1) is 12.8 Å². The molecule has 0 radical (unpaired) electrons. The van der Waals surface area contributed by atoms with Crippen LogP contribution >= 0.6 is 0 Å². The number of pyridine rings is 1. The zero-order chi connectivity index (χ0) is 20.6. The Balaban J connectivity index is 1.64. The third-order valence-corrected chi connectivity index (χ3v) is 6.16. The summed E-state index contributed by atoms with van der Waals surface area (Å²) < 4.78 is 5.30. The first-order valence-corrected chi connectivity index (χ1v) is 10.9. The van der Waals surface area contributed by atoms with Crippen molar-refractivity contribution in [2.75, 3.05) is 37.0 Å². The lowest BCUT2D eigenvalue weighted by molar-refractivity contribution is -0.121. The number of hydrogen-bond donors (Lipinski definition) is 1. The first-order valence-electron chi connectivity index (χ1n) is 10.9. The molecule has 1 atom stereocenters. The molecule has 1 aromatic heterocycles. The van der Waals surface area contributed by atoms with Gasteiger partial charge in [0.25, 0.3) is 0 Å². The maximum atomic E-state index is 11.6. The average Bonchev–Trinajstić information content (AvgIpc) is 2.75. The lowest BCUT2D eigenvalue weighted by atomic mass is 9.92. The van der Waals surface area contributed by atoms with Crippen LogP contribution in [0.3, 0.4) is 0 Å². The van der Waals surface area contributed by atoms with E-state index in [1.807, 2.05) is 11.0 Å². The summed E-state index contributed by atoms with van der Waals surface area (Å²) in [5.41, 5.74) is 0.718. The number of nitrogens with zero attached hydrogens (tertiary/aromatic N) is 3. The van der Waals surface area contributed by atoms with Crippen LogP contribution in [0.2, 0.25) is 0 Å². The number of anilines is 2. The molecular weight excluding hydrogens is 368 g/mol. The maximum absolute atomic E-state index is 11.6. The zero-order valence-corrected chi connectivity index (χ0v) is 17.7. The second-order valence-electron chi connectivity index (χ2n) is 8.28. The van der Waals surface area contributed by atoms with Crippen LogP contribution in [0, 0.1) is 5.92 Å². The number of ether oxygens (including phenoxy) is 1. The summed E-state index contributed by atoms with van der Waals surface area (Å²) >= 11 is 0. The molecule has 0 spiro atoms. The molecule has 2 heterocycles. The molecule has 1 saturated carbocycles. The lowest BCUT2D eigenvalue weighted by Crippen LogP contribution is -2.40. The van der Waals surface area contributed by atoms with Crippen LogP contribution in [-0.2, 0) is 9.59 Å². The Hall–Kier alpha value is -2.31. The monoisotopic (exact) mass is 402 g/mol. The number of carbonyl (C=O) groups excluding carboxylic acids is 2. The van der Waals surface area contributed by atoms with Crippen LogP contribution in [0.4, 0.5) is 11.5 Å². The summed E-state index contributed by atoms with van der Waals surface area (Å²) in [6.07, 6.45) is 10.3. The zero-order valence-electron chi connectivity index (χ0n) is 17.7. The van der Waals surface area contributed by atoms with Crippen LogP contribution in [0.25, 0.3) is 0 Å². The number of methoxy groups -OCH3 is 1. The van der Waals surface area contributed by atoms with E-state index in [-0.39, 0.29) is 5.91 Å². The van der Waals surface area contributed by atoms with Crippen LogP contribution < -0.4 is 15.0 Å². The van der Waals surface area contributed by atoms with Crippen molar-refractivity contribution < 1.29 is 14.3 Å². The molecule has 29 heavy (non-hydrogen) atoms. The third-order valence-electron chi connectivity index (χ3n) is 6.16. The van der Waals surface area contributed by atoms with Crippen LogP contribution in [0.5, 0.6) is 5.88 Å². The molecule has 2 fully saturated rings. The van der Waals surface area contributed by atoms with Gasteiger partial charge >= 0.3 is 0 Å². The highest BCUT2D eigenvalue weighted by atomic mass is 16.5. The molecule has 1 unspecified atom stereocenters. The SMILES string of the molecule is COc1ccc(NC(C)=O)c(N2CCCC(CCN(C=O)C3CCCCC3)C2)n1. The van der Waals surface area contributed by atoms with Crippen molar-refractivity contribution in [1.29, 1.82) is 0 Å². The summed E-state index contributed by atoms with van der Waals surface area (Å²) in [5, 5.41) is 2.89. The largest absolute Gasteiger partial charge is 0.481 e. The molecule has 1 aliphatic heterocycles. The summed E-state index contributed by atoms with van der Waals surface area (Å²) in [6, 6.07) is 4.04. The molecule has 1 aromatic rings. The van der Waals surface area contributed by atoms with Crippen LogP contribution in [0.15, 0.2) is 12.1 Å². The number of hydrogen-bond acceptors (Lipinski definition) is 5. The third kappa shape index (κ3) is 5.84. The first-order chi connectivity index (χ1) is 14.1. The molecular formula is C22H34N4O3. The van der Waals surface area contributed by atoms with E-state index in [1.54, 1.807) is 13.2 Å². The van der Waals surface area contributed by atoms with Gasteiger partial charge in [-0.15, -0.1) is 0 Å². The predicted molar refractivity (Wildman–Crippen MR) is 114 cm³/mol. The van der Waals surface area contributed by atoms with E-state index in [9.17, 15) is 9.59 Å². The van der Waals surface area contributed by atoms with Gasteiger partial charge < -0.3 is 19.9 Å². The molecule has 1 aliphatic carbocycles. The molecule has 2 amide bonds. The Bertz CT molecular complexity index is 691. The minimum atomic E-state index is -0.110. The number of nitrogens with one attached hydrogen (secondary N) is 1. The summed E-state index contributed by atoms with van der Waals surface area (Å²) in [4.78, 5) is 32.1. The highest BCUT2D eigenvalue weighted by Crippen LogP contribution is 2.31. The predicted octanol–water partition coefficient (Wildman–Crippen LogP) is 3.45. The fourth-order valence-corrected chi connectivity index (χ4v) is 4.63. The Morgan fingerprint density at radius 1 is 1.28 bits per heavy atom. The number of piperidine rings is 1. The van der Waals surface area contributed by atoms with E-state index in [2.05, 4.69) is 15.2 Å². The topological polar surface area (TPSA) is 74.8 Å². The Morgan fingerprint density at radius 2 is 2.07 bits per heavy atom. The van der Waals surface area contributed by atoms with Crippen molar-refractivity contribution in [3.63, 3.8) is 0 Å². The molecule has 3 rings (SSSR count). The molecule has 1 saturated heterocycles. The molecule has 0 aromatic carbocycles. The van der Waals surface area contributed by atoms with Crippen LogP contribution in [0.1, 0.15) is 58.3 Å². The van der Waals surface area contributed by atoms with E-state index in [0.717, 1.165) is 69.7 Å². The minimum Gasteiger partial charge on any atom is -0.481 e. The van der Waals surface area contributed by atoms with Gasteiger partial charge in [0, 0.05) is 38.7 Å². The van der Waals surface area contributed by atoms with E-state index in [1.165, 1.54) is 26.2 Å². The molecule has 2 aliphatic rings. The second kappa shape index (κ2) is 10.5. The number of carbonyl (C=O) groups is 2. The van der Waals surface area contributed by atoms with Gasteiger partial charge in [-0.25, -0.2) is 0 Å². The van der Waals surface area contributed by atoms with Crippen molar-refractivity contribution >= 4 is 23.8 Å². The normalized spacial score (nSPS) is 20.2. The fourth-order valence-electron chi connectivity index (χ4n) is 4.63. The smallest absolute Gasteiger partial charge is 0.221 e. The molecule has 160 valence electrons. The van der Waals surface area contributed by atoms with Crippen molar-refractivity contribution in [3.8, 4) is 5.88 Å². The minimum absolute atomic E-state index is 0.110. The quantitative estimate of drug-likeness (QED) is 0.674. The van der Waals surface area contributed by atoms with Crippen molar-refractivity contribution in [2.45, 2.75) is 64.3 Å². The van der Waals surface area contributed by atoms with Gasteiger partial charge in [-0.2, -0.15) is 4.98 Å². The molecule has 1 N–H and O–H groups in total. The second-order valence-corrected chi connectivity index (χ2v) is 8.28. The summed E-state index contributed by atoms with van der Waals surface area (Å²) in [6.45, 7) is 4.12. The lowest BCUT2D eigenvalue weighted by Gasteiger charge is -2.37. The van der Waals surface area contributed by atoms with Gasteiger partial charge in [-0.3, -0.25) is 9.59 Å². The van der Waals surface area contributed by atoms with Crippen molar-refractivity contribution in [3.05, 3.63) is 12.1 Å². The maximum Gasteiger partial charge on any atom is 0.221 e. The van der Waals surface area contributed by atoms with Crippen LogP contribution in [-0.4, -0.2) is 55.0 Å².